The molecule has 0 amide bonds. The molecule has 1 aromatic heterocycles. The number of fused-ring (bicyclic) bond motifs is 2. The second kappa shape index (κ2) is 7.45. The number of hydrogen-bond acceptors (Lipinski definition) is 7. The molecule has 2 N–H and O–H groups in total. The Morgan fingerprint density at radius 1 is 1.00 bits per heavy atom. The zero-order valence-electron chi connectivity index (χ0n) is 14.3. The summed E-state index contributed by atoms with van der Waals surface area (Å²) in [7, 11) is -3.35. The van der Waals surface area contributed by atoms with Gasteiger partial charge in [0.2, 0.25) is 10.0 Å². The van der Waals surface area contributed by atoms with E-state index in [1.165, 1.54) is 6.33 Å². The lowest BCUT2D eigenvalue weighted by atomic mass is 10.2. The molecule has 1 aliphatic rings. The van der Waals surface area contributed by atoms with Crippen molar-refractivity contribution in [1.29, 1.82) is 0 Å². The summed E-state index contributed by atoms with van der Waals surface area (Å²) in [5, 5.41) is 3.97. The fraction of sp³-hybridized carbons (Fsp3) is 0.176. The highest BCUT2D eigenvalue weighted by molar-refractivity contribution is 7.92. The molecule has 27 heavy (non-hydrogen) atoms. The van der Waals surface area contributed by atoms with Crippen molar-refractivity contribution in [2.75, 3.05) is 29.5 Å². The van der Waals surface area contributed by atoms with Gasteiger partial charge in [0.25, 0.3) is 0 Å². The summed E-state index contributed by atoms with van der Waals surface area (Å²) in [4.78, 5) is 8.58. The summed E-state index contributed by atoms with van der Waals surface area (Å²) in [5.41, 5.74) is 1.87. The van der Waals surface area contributed by atoms with Gasteiger partial charge < -0.3 is 14.8 Å². The van der Waals surface area contributed by atoms with Crippen molar-refractivity contribution in [2.45, 2.75) is 0 Å². The van der Waals surface area contributed by atoms with Gasteiger partial charge >= 0.3 is 0 Å². The zero-order valence-corrected chi connectivity index (χ0v) is 15.9. The zero-order chi connectivity index (χ0) is 18.1. The van der Waals surface area contributed by atoms with Crippen molar-refractivity contribution >= 4 is 50.5 Å². The molecule has 0 saturated heterocycles. The van der Waals surface area contributed by atoms with Gasteiger partial charge in [-0.05, 0) is 24.3 Å². The molecule has 2 aromatic carbocycles. The summed E-state index contributed by atoms with van der Waals surface area (Å²) in [6.07, 6.45) is 2.57. The molecule has 0 atom stereocenters. The Morgan fingerprint density at radius 2 is 1.70 bits per heavy atom. The first-order valence-electron chi connectivity index (χ1n) is 7.87. The molecule has 2 heterocycles. The van der Waals surface area contributed by atoms with E-state index in [0.29, 0.717) is 41.9 Å². The lowest BCUT2D eigenvalue weighted by Gasteiger charge is -2.19. The Hall–Kier alpha value is -2.78. The van der Waals surface area contributed by atoms with Gasteiger partial charge in [0, 0.05) is 17.1 Å². The second-order valence-corrected chi connectivity index (χ2v) is 7.56. The van der Waals surface area contributed by atoms with Gasteiger partial charge in [0.15, 0.2) is 11.5 Å². The fourth-order valence-corrected chi connectivity index (χ4v) is 3.26. The minimum atomic E-state index is -3.35. The molecule has 0 aliphatic carbocycles. The van der Waals surface area contributed by atoms with Crippen LogP contribution in [0.5, 0.6) is 11.5 Å². The van der Waals surface area contributed by atoms with Crippen molar-refractivity contribution in [1.82, 2.24) is 9.97 Å². The van der Waals surface area contributed by atoms with Crippen LogP contribution in [0.1, 0.15) is 0 Å². The normalized spacial score (nSPS) is 12.9. The van der Waals surface area contributed by atoms with Crippen LogP contribution >= 0.6 is 12.4 Å². The smallest absolute Gasteiger partial charge is 0.229 e. The maximum atomic E-state index is 11.4. The molecule has 142 valence electrons. The number of nitrogens with one attached hydrogen (secondary N) is 2. The minimum Gasteiger partial charge on any atom is -0.486 e. The molecular formula is C17H17ClN4O4S. The average Bonchev–Trinajstić information content (AvgIpc) is 2.59. The molecule has 1 aliphatic heterocycles. The van der Waals surface area contributed by atoms with Gasteiger partial charge in [-0.25, -0.2) is 18.4 Å². The van der Waals surface area contributed by atoms with Crippen LogP contribution in [0.3, 0.4) is 0 Å². The van der Waals surface area contributed by atoms with Crippen molar-refractivity contribution in [3.05, 3.63) is 42.7 Å². The van der Waals surface area contributed by atoms with Gasteiger partial charge in [-0.1, -0.05) is 6.07 Å². The number of aromatic nitrogens is 2. The van der Waals surface area contributed by atoms with Crippen LogP contribution in [0, 0.1) is 0 Å². The number of hydrogen-bond donors (Lipinski definition) is 2. The predicted octanol–water partition coefficient (Wildman–Crippen LogP) is 2.94. The van der Waals surface area contributed by atoms with E-state index in [4.69, 9.17) is 9.47 Å². The first-order chi connectivity index (χ1) is 12.5. The largest absolute Gasteiger partial charge is 0.486 e. The number of ether oxygens (including phenoxy) is 2. The fourth-order valence-electron chi connectivity index (χ4n) is 2.70. The second-order valence-electron chi connectivity index (χ2n) is 5.82. The van der Waals surface area contributed by atoms with Crippen LogP contribution in [-0.2, 0) is 10.0 Å². The summed E-state index contributed by atoms with van der Waals surface area (Å²) >= 11 is 0. The van der Waals surface area contributed by atoms with E-state index >= 15 is 0 Å². The van der Waals surface area contributed by atoms with Crippen molar-refractivity contribution < 1.29 is 17.9 Å². The molecule has 0 spiro atoms. The summed E-state index contributed by atoms with van der Waals surface area (Å²) < 4.78 is 36.5. The molecule has 4 rings (SSSR count). The molecule has 0 radical (unpaired) electrons. The van der Waals surface area contributed by atoms with Gasteiger partial charge in [0.05, 0.1) is 17.5 Å². The van der Waals surface area contributed by atoms with E-state index in [2.05, 4.69) is 20.0 Å². The first-order valence-corrected chi connectivity index (χ1v) is 9.76. The minimum absolute atomic E-state index is 0. The third kappa shape index (κ3) is 4.32. The van der Waals surface area contributed by atoms with Crippen molar-refractivity contribution in [3.63, 3.8) is 0 Å². The Bertz CT molecular complexity index is 1090. The Balaban J connectivity index is 0.00000210. The third-order valence-corrected chi connectivity index (χ3v) is 4.33. The lowest BCUT2D eigenvalue weighted by molar-refractivity contribution is 0.172. The summed E-state index contributed by atoms with van der Waals surface area (Å²) in [6.45, 7) is 1.00. The van der Waals surface area contributed by atoms with Crippen LogP contribution in [-0.4, -0.2) is 37.9 Å². The Labute approximate surface area is 162 Å². The monoisotopic (exact) mass is 408 g/mol. The van der Waals surface area contributed by atoms with E-state index in [1.54, 1.807) is 18.2 Å². The van der Waals surface area contributed by atoms with E-state index in [-0.39, 0.29) is 12.4 Å². The topological polar surface area (TPSA) is 102 Å². The number of rotatable bonds is 4. The average molecular weight is 409 g/mol. The molecule has 10 heteroatoms. The molecule has 0 saturated carbocycles. The van der Waals surface area contributed by atoms with E-state index in [9.17, 15) is 8.42 Å². The highest BCUT2D eigenvalue weighted by atomic mass is 35.5. The predicted molar refractivity (Wildman–Crippen MR) is 106 cm³/mol. The maximum Gasteiger partial charge on any atom is 0.229 e. The molecule has 0 fully saturated rings. The van der Waals surface area contributed by atoms with Gasteiger partial charge in [-0.3, -0.25) is 4.72 Å². The molecule has 3 aromatic rings. The van der Waals surface area contributed by atoms with E-state index in [1.807, 2.05) is 18.2 Å². The van der Waals surface area contributed by atoms with Crippen LogP contribution in [0.25, 0.3) is 10.9 Å². The first kappa shape index (κ1) is 19.0. The van der Waals surface area contributed by atoms with Crippen molar-refractivity contribution in [3.8, 4) is 11.5 Å². The molecule has 0 unspecified atom stereocenters. The van der Waals surface area contributed by atoms with Crippen LogP contribution in [0.4, 0.5) is 17.2 Å². The van der Waals surface area contributed by atoms with Gasteiger partial charge in [-0.2, -0.15) is 0 Å². The molecular weight excluding hydrogens is 392 g/mol. The highest BCUT2D eigenvalue weighted by Crippen LogP contribution is 2.36. The summed E-state index contributed by atoms with van der Waals surface area (Å²) in [6, 6.07) is 10.6. The maximum absolute atomic E-state index is 11.4. The van der Waals surface area contributed by atoms with Crippen molar-refractivity contribution in [2.24, 2.45) is 0 Å². The standard InChI is InChI=1S/C17H16N4O4S.ClH/c1-26(22,23)21-12-4-2-3-11(7-12)20-17-13-8-15-16(25-6-5-24-15)9-14(13)18-10-19-17;/h2-4,7-10,21H,5-6H2,1H3,(H,18,19,20);1H. The number of sulfonamides is 1. The van der Waals surface area contributed by atoms with E-state index < -0.39 is 10.0 Å². The Kier molecular flexibility index (Phi) is 5.24. The highest BCUT2D eigenvalue weighted by Gasteiger charge is 2.15. The van der Waals surface area contributed by atoms with Crippen LogP contribution in [0.2, 0.25) is 0 Å². The van der Waals surface area contributed by atoms with Gasteiger partial charge in [0.1, 0.15) is 25.4 Å². The van der Waals surface area contributed by atoms with Crippen LogP contribution in [0.15, 0.2) is 42.7 Å². The van der Waals surface area contributed by atoms with Gasteiger partial charge in [-0.15, -0.1) is 12.4 Å². The quantitative estimate of drug-likeness (QED) is 0.684. The van der Waals surface area contributed by atoms with E-state index in [0.717, 1.165) is 17.2 Å². The molecule has 8 nitrogen and oxygen atoms in total. The lowest BCUT2D eigenvalue weighted by Crippen LogP contribution is -2.15. The molecule has 0 bridgehead atoms. The SMILES string of the molecule is CS(=O)(=O)Nc1cccc(Nc2ncnc3cc4c(cc23)OCCO4)c1.Cl. The number of nitrogens with zero attached hydrogens (tertiary/aromatic N) is 2. The summed E-state index contributed by atoms with van der Waals surface area (Å²) in [5.74, 6) is 1.89. The number of anilines is 3. The Morgan fingerprint density at radius 3 is 2.44 bits per heavy atom. The van der Waals surface area contributed by atoms with Crippen LogP contribution < -0.4 is 19.5 Å². The number of benzene rings is 2. The third-order valence-electron chi connectivity index (χ3n) is 3.73. The number of halogens is 1.